The van der Waals surface area contributed by atoms with Crippen molar-refractivity contribution >= 4 is 35.2 Å². The van der Waals surface area contributed by atoms with Gasteiger partial charge in [-0.25, -0.2) is 4.31 Å². The summed E-state index contributed by atoms with van der Waals surface area (Å²) in [6.07, 6.45) is 2.80. The van der Waals surface area contributed by atoms with Crippen molar-refractivity contribution in [3.05, 3.63) is 74.3 Å². The third kappa shape index (κ3) is 7.76. The average Bonchev–Trinajstić information content (AvgIpc) is 3.31. The lowest BCUT2D eigenvalue weighted by molar-refractivity contribution is -0.396. The summed E-state index contributed by atoms with van der Waals surface area (Å²) in [5.41, 5.74) is 0.196. The Balaban J connectivity index is 1.42. The molecule has 2 aromatic carbocycles. The Bertz CT molecular complexity index is 1070. The van der Waals surface area contributed by atoms with Gasteiger partial charge >= 0.3 is 5.97 Å². The number of nitro groups is 2. The van der Waals surface area contributed by atoms with Gasteiger partial charge in [-0.3, -0.25) is 29.8 Å². The van der Waals surface area contributed by atoms with Crippen LogP contribution in [0, 0.1) is 20.2 Å². The number of hydrogen-bond acceptors (Lipinski definition) is 9. The molecule has 12 heteroatoms. The van der Waals surface area contributed by atoms with Gasteiger partial charge in [0.2, 0.25) is 5.91 Å². The number of esters is 1. The van der Waals surface area contributed by atoms with Gasteiger partial charge in [-0.1, -0.05) is 30.3 Å². The van der Waals surface area contributed by atoms with E-state index in [1.807, 2.05) is 30.3 Å². The third-order valence-electron chi connectivity index (χ3n) is 5.42. The fraction of sp³-hybridized carbons (Fsp3) is 0.391. The van der Waals surface area contributed by atoms with E-state index in [1.54, 1.807) is 4.31 Å². The molecule has 3 rings (SSSR count). The Morgan fingerprint density at radius 1 is 1.09 bits per heavy atom. The third-order valence-corrected chi connectivity index (χ3v) is 6.64. The lowest BCUT2D eigenvalue weighted by atomic mass is 10.2. The van der Waals surface area contributed by atoms with E-state index in [1.165, 1.54) is 12.1 Å². The molecule has 0 saturated carbocycles. The Labute approximate surface area is 206 Å². The summed E-state index contributed by atoms with van der Waals surface area (Å²) in [4.78, 5) is 45.8. The molecule has 1 fully saturated rings. The van der Waals surface area contributed by atoms with E-state index in [0.29, 0.717) is 32.4 Å². The zero-order chi connectivity index (χ0) is 25.2. The molecular weight excluding hydrogens is 476 g/mol. The first-order valence-corrected chi connectivity index (χ1v) is 12.0. The van der Waals surface area contributed by atoms with Crippen molar-refractivity contribution in [2.24, 2.45) is 0 Å². The molecule has 0 aliphatic carbocycles. The van der Waals surface area contributed by atoms with Gasteiger partial charge in [0.15, 0.2) is 0 Å². The van der Waals surface area contributed by atoms with Gasteiger partial charge in [0, 0.05) is 25.6 Å². The van der Waals surface area contributed by atoms with Crippen LogP contribution in [0.25, 0.3) is 0 Å². The molecule has 35 heavy (non-hydrogen) atoms. The Kier molecular flexibility index (Phi) is 9.56. The number of unbranched alkanes of at least 4 members (excludes halogenated alkanes) is 1. The first kappa shape index (κ1) is 26.1. The van der Waals surface area contributed by atoms with Crippen LogP contribution < -0.4 is 5.32 Å². The highest BCUT2D eigenvalue weighted by atomic mass is 32.2. The number of nitrogens with zero attached hydrogens (tertiary/aromatic N) is 3. The standard InChI is InChI=1S/C23H26N4O7S/c28-22(34-16-17-7-2-1-3-8-17)10-4-5-13-24-23(29)19-9-6-14-25(19)35-21-12-11-18(26(30)31)15-20(21)27(32)33/h1-3,7-8,11-12,15,19H,4-6,9-10,13-14,16H2,(H,24,29). The average molecular weight is 503 g/mol. The van der Waals surface area contributed by atoms with E-state index in [0.717, 1.165) is 30.0 Å². The van der Waals surface area contributed by atoms with Crippen LogP contribution in [0.4, 0.5) is 11.4 Å². The highest BCUT2D eigenvalue weighted by molar-refractivity contribution is 7.97. The summed E-state index contributed by atoms with van der Waals surface area (Å²) in [5, 5.41) is 25.2. The SMILES string of the molecule is O=C(CCCCNC(=O)C1CCCN1Sc1ccc([N+](=O)[O-])cc1[N+](=O)[O-])OCc1ccccc1. The fourth-order valence-electron chi connectivity index (χ4n) is 3.61. The number of nitrogens with one attached hydrogen (secondary N) is 1. The zero-order valence-corrected chi connectivity index (χ0v) is 19.8. The van der Waals surface area contributed by atoms with E-state index >= 15 is 0 Å². The topological polar surface area (TPSA) is 145 Å². The molecule has 0 bridgehead atoms. The first-order valence-electron chi connectivity index (χ1n) is 11.2. The first-order chi connectivity index (χ1) is 16.8. The van der Waals surface area contributed by atoms with Crippen molar-refractivity contribution in [2.75, 3.05) is 13.1 Å². The predicted octanol–water partition coefficient (Wildman–Crippen LogP) is 4.00. The second kappa shape index (κ2) is 12.8. The maximum absolute atomic E-state index is 12.7. The lowest BCUT2D eigenvalue weighted by Gasteiger charge is -2.22. The molecule has 2 aromatic rings. The number of amides is 1. The van der Waals surface area contributed by atoms with E-state index in [-0.39, 0.29) is 41.2 Å². The lowest BCUT2D eigenvalue weighted by Crippen LogP contribution is -2.40. The molecule has 1 unspecified atom stereocenters. The molecule has 1 saturated heterocycles. The zero-order valence-electron chi connectivity index (χ0n) is 19.0. The van der Waals surface area contributed by atoms with E-state index < -0.39 is 15.9 Å². The van der Waals surface area contributed by atoms with Crippen LogP contribution in [0.15, 0.2) is 53.4 Å². The molecular formula is C23H26N4O7S. The van der Waals surface area contributed by atoms with E-state index in [9.17, 15) is 29.8 Å². The maximum atomic E-state index is 12.7. The van der Waals surface area contributed by atoms with Crippen LogP contribution in [-0.2, 0) is 20.9 Å². The molecule has 0 aromatic heterocycles. The largest absolute Gasteiger partial charge is 0.461 e. The smallest absolute Gasteiger partial charge is 0.306 e. The van der Waals surface area contributed by atoms with Crippen molar-refractivity contribution in [3.8, 4) is 0 Å². The van der Waals surface area contributed by atoms with Gasteiger partial charge in [-0.2, -0.15) is 0 Å². The molecule has 186 valence electrons. The van der Waals surface area contributed by atoms with Crippen LogP contribution in [0.1, 0.15) is 37.7 Å². The molecule has 1 heterocycles. The molecule has 1 atom stereocenters. The Morgan fingerprint density at radius 2 is 1.86 bits per heavy atom. The molecule has 0 spiro atoms. The Hall–Kier alpha value is -3.51. The monoisotopic (exact) mass is 502 g/mol. The van der Waals surface area contributed by atoms with Gasteiger partial charge in [0.1, 0.15) is 11.5 Å². The molecule has 11 nitrogen and oxygen atoms in total. The van der Waals surface area contributed by atoms with Crippen LogP contribution in [0.2, 0.25) is 0 Å². The van der Waals surface area contributed by atoms with E-state index in [2.05, 4.69) is 5.32 Å². The number of benzene rings is 2. The molecule has 1 N–H and O–H groups in total. The number of rotatable bonds is 12. The number of carbonyl (C=O) groups excluding carboxylic acids is 2. The molecule has 1 amide bonds. The summed E-state index contributed by atoms with van der Waals surface area (Å²) in [7, 11) is 0. The number of non-ortho nitro benzene ring substituents is 1. The van der Waals surface area contributed by atoms with Crippen molar-refractivity contribution < 1.29 is 24.2 Å². The van der Waals surface area contributed by atoms with Crippen LogP contribution in [0.3, 0.4) is 0 Å². The maximum Gasteiger partial charge on any atom is 0.306 e. The van der Waals surface area contributed by atoms with Crippen LogP contribution >= 0.6 is 11.9 Å². The van der Waals surface area contributed by atoms with Crippen molar-refractivity contribution in [3.63, 3.8) is 0 Å². The number of nitro benzene ring substituents is 2. The van der Waals surface area contributed by atoms with Crippen LogP contribution in [-0.4, -0.2) is 45.2 Å². The van der Waals surface area contributed by atoms with Crippen molar-refractivity contribution in [2.45, 2.75) is 49.6 Å². The predicted molar refractivity (Wildman–Crippen MR) is 128 cm³/mol. The highest BCUT2D eigenvalue weighted by Crippen LogP contribution is 2.38. The number of hydrogen-bond donors (Lipinski definition) is 1. The number of carbonyl (C=O) groups is 2. The number of ether oxygens (including phenoxy) is 1. The quantitative estimate of drug-likeness (QED) is 0.150. The minimum absolute atomic E-state index is 0.189. The second-order valence-electron chi connectivity index (χ2n) is 7.95. The molecule has 1 aliphatic rings. The van der Waals surface area contributed by atoms with Gasteiger partial charge in [0.25, 0.3) is 11.4 Å². The summed E-state index contributed by atoms with van der Waals surface area (Å²) in [5.74, 6) is -0.477. The summed E-state index contributed by atoms with van der Waals surface area (Å²) in [6, 6.07) is 12.4. The van der Waals surface area contributed by atoms with Crippen LogP contribution in [0.5, 0.6) is 0 Å². The summed E-state index contributed by atoms with van der Waals surface area (Å²) in [6.45, 7) is 1.19. The summed E-state index contributed by atoms with van der Waals surface area (Å²) < 4.78 is 7.00. The minimum Gasteiger partial charge on any atom is -0.461 e. The van der Waals surface area contributed by atoms with Gasteiger partial charge in [-0.05, 0) is 49.3 Å². The minimum atomic E-state index is -0.684. The molecule has 1 aliphatic heterocycles. The van der Waals surface area contributed by atoms with Gasteiger partial charge in [0.05, 0.1) is 22.0 Å². The normalized spacial score (nSPS) is 15.5. The second-order valence-corrected chi connectivity index (χ2v) is 9.04. The van der Waals surface area contributed by atoms with Gasteiger partial charge < -0.3 is 10.1 Å². The van der Waals surface area contributed by atoms with Crippen molar-refractivity contribution in [1.82, 2.24) is 9.62 Å². The molecule has 0 radical (unpaired) electrons. The van der Waals surface area contributed by atoms with Gasteiger partial charge in [-0.15, -0.1) is 0 Å². The van der Waals surface area contributed by atoms with Crippen molar-refractivity contribution in [1.29, 1.82) is 0 Å². The Morgan fingerprint density at radius 3 is 2.57 bits per heavy atom. The van der Waals surface area contributed by atoms with E-state index in [4.69, 9.17) is 4.74 Å². The highest BCUT2D eigenvalue weighted by Gasteiger charge is 2.33. The summed E-state index contributed by atoms with van der Waals surface area (Å²) >= 11 is 1.06. The fourth-order valence-corrected chi connectivity index (χ4v) is 4.77.